The number of aliphatic imine (C=N–C) groups is 1. The van der Waals surface area contributed by atoms with Gasteiger partial charge >= 0.3 is 0 Å². The molecule has 0 bridgehead atoms. The van der Waals surface area contributed by atoms with Gasteiger partial charge in [-0.05, 0) is 58.2 Å². The highest BCUT2D eigenvalue weighted by molar-refractivity contribution is 14.0. The summed E-state index contributed by atoms with van der Waals surface area (Å²) in [6.07, 6.45) is 2.34. The summed E-state index contributed by atoms with van der Waals surface area (Å²) in [5.74, 6) is 3.04. The summed E-state index contributed by atoms with van der Waals surface area (Å²) in [7, 11) is 0. The average Bonchev–Trinajstić information content (AvgIpc) is 3.14. The van der Waals surface area contributed by atoms with Crippen LogP contribution in [0.5, 0.6) is 0 Å². The van der Waals surface area contributed by atoms with Crippen LogP contribution in [0.4, 0.5) is 0 Å². The minimum atomic E-state index is 0. The van der Waals surface area contributed by atoms with Gasteiger partial charge in [-0.15, -0.1) is 24.0 Å². The van der Waals surface area contributed by atoms with Crippen LogP contribution < -0.4 is 10.6 Å². The summed E-state index contributed by atoms with van der Waals surface area (Å²) < 4.78 is 11.9. The van der Waals surface area contributed by atoms with Gasteiger partial charge in [-0.2, -0.15) is 0 Å². The van der Waals surface area contributed by atoms with Crippen molar-refractivity contribution in [2.24, 2.45) is 10.9 Å². The first-order valence-electron chi connectivity index (χ1n) is 10.4. The van der Waals surface area contributed by atoms with Crippen molar-refractivity contribution in [3.05, 3.63) is 59.0 Å². The molecule has 0 saturated carbocycles. The van der Waals surface area contributed by atoms with Gasteiger partial charge in [0.1, 0.15) is 11.5 Å². The van der Waals surface area contributed by atoms with Crippen LogP contribution in [-0.2, 0) is 4.74 Å². The lowest BCUT2D eigenvalue weighted by Gasteiger charge is -2.31. The summed E-state index contributed by atoms with van der Waals surface area (Å²) in [5, 5.41) is 6.80. The van der Waals surface area contributed by atoms with E-state index in [1.165, 1.54) is 11.1 Å². The Morgan fingerprint density at radius 2 is 1.93 bits per heavy atom. The number of nitrogens with one attached hydrogen (secondary N) is 2. The monoisotopic (exact) mass is 511 g/mol. The van der Waals surface area contributed by atoms with E-state index < -0.39 is 0 Å². The van der Waals surface area contributed by atoms with E-state index in [9.17, 15) is 0 Å². The third kappa shape index (κ3) is 6.74. The number of guanidine groups is 1. The Morgan fingerprint density at radius 3 is 2.59 bits per heavy atom. The smallest absolute Gasteiger partial charge is 0.191 e. The Balaban J connectivity index is 0.00000300. The van der Waals surface area contributed by atoms with Crippen molar-refractivity contribution in [1.29, 1.82) is 0 Å². The SMILES string of the molecule is CCNC(=NCC1CCCOC1c1ccc(C)cc1)NC(C)c1ccc(C)o1.I. The lowest BCUT2D eigenvalue weighted by Crippen LogP contribution is -2.39. The van der Waals surface area contributed by atoms with Crippen LogP contribution in [0.25, 0.3) is 0 Å². The lowest BCUT2D eigenvalue weighted by molar-refractivity contribution is -0.0250. The van der Waals surface area contributed by atoms with E-state index in [0.29, 0.717) is 5.92 Å². The van der Waals surface area contributed by atoms with Crippen molar-refractivity contribution < 1.29 is 9.15 Å². The second-order valence-electron chi connectivity index (χ2n) is 7.64. The maximum Gasteiger partial charge on any atom is 0.191 e. The quantitative estimate of drug-likeness (QED) is 0.314. The third-order valence-electron chi connectivity index (χ3n) is 5.22. The van der Waals surface area contributed by atoms with Gasteiger partial charge in [0, 0.05) is 25.6 Å². The normalized spacial score (nSPS) is 20.6. The van der Waals surface area contributed by atoms with Crippen LogP contribution in [0.3, 0.4) is 0 Å². The molecule has 29 heavy (non-hydrogen) atoms. The van der Waals surface area contributed by atoms with E-state index in [-0.39, 0.29) is 36.1 Å². The number of benzene rings is 1. The summed E-state index contributed by atoms with van der Waals surface area (Å²) in [4.78, 5) is 4.88. The molecule has 1 fully saturated rings. The Labute approximate surface area is 191 Å². The van der Waals surface area contributed by atoms with E-state index in [2.05, 4.69) is 55.7 Å². The first kappa shape index (κ1) is 23.7. The lowest BCUT2D eigenvalue weighted by atomic mass is 9.89. The highest BCUT2D eigenvalue weighted by Crippen LogP contribution is 2.34. The fourth-order valence-corrected chi connectivity index (χ4v) is 3.65. The number of hydrogen-bond acceptors (Lipinski definition) is 3. The molecule has 0 aliphatic carbocycles. The number of rotatable bonds is 6. The second kappa shape index (κ2) is 11.6. The van der Waals surface area contributed by atoms with Crippen molar-refractivity contribution in [2.75, 3.05) is 19.7 Å². The molecule has 0 spiro atoms. The van der Waals surface area contributed by atoms with Crippen LogP contribution in [-0.4, -0.2) is 25.7 Å². The molecule has 1 aliphatic rings. The maximum atomic E-state index is 6.14. The van der Waals surface area contributed by atoms with Gasteiger partial charge in [0.15, 0.2) is 5.96 Å². The van der Waals surface area contributed by atoms with Crippen molar-refractivity contribution in [3.63, 3.8) is 0 Å². The van der Waals surface area contributed by atoms with E-state index >= 15 is 0 Å². The molecular formula is C23H34IN3O2. The average molecular weight is 511 g/mol. The molecule has 3 rings (SSSR count). The van der Waals surface area contributed by atoms with Crippen LogP contribution in [0.15, 0.2) is 45.8 Å². The minimum Gasteiger partial charge on any atom is -0.464 e. The molecule has 3 atom stereocenters. The van der Waals surface area contributed by atoms with Crippen molar-refractivity contribution in [3.8, 4) is 0 Å². The van der Waals surface area contributed by atoms with Gasteiger partial charge in [-0.3, -0.25) is 4.99 Å². The van der Waals surface area contributed by atoms with Crippen LogP contribution in [0.1, 0.15) is 61.5 Å². The molecule has 2 aromatic rings. The molecule has 1 saturated heterocycles. The Kier molecular flexibility index (Phi) is 9.49. The van der Waals surface area contributed by atoms with Gasteiger partial charge < -0.3 is 19.8 Å². The molecule has 1 aromatic heterocycles. The second-order valence-corrected chi connectivity index (χ2v) is 7.64. The van der Waals surface area contributed by atoms with Gasteiger partial charge in [-0.25, -0.2) is 0 Å². The highest BCUT2D eigenvalue weighted by Gasteiger charge is 2.27. The molecule has 5 nitrogen and oxygen atoms in total. The third-order valence-corrected chi connectivity index (χ3v) is 5.22. The number of halogens is 1. The molecule has 1 aromatic carbocycles. The number of hydrogen-bond donors (Lipinski definition) is 2. The highest BCUT2D eigenvalue weighted by atomic mass is 127. The summed E-state index contributed by atoms with van der Waals surface area (Å²) in [6.45, 7) is 10.6. The van der Waals surface area contributed by atoms with Crippen molar-refractivity contribution in [2.45, 2.75) is 52.7 Å². The van der Waals surface area contributed by atoms with Gasteiger partial charge in [-0.1, -0.05) is 29.8 Å². The molecule has 0 radical (unpaired) electrons. The molecule has 0 amide bonds. The molecule has 1 aliphatic heterocycles. The number of ether oxygens (including phenoxy) is 1. The summed E-state index contributed by atoms with van der Waals surface area (Å²) in [5.41, 5.74) is 2.53. The number of nitrogens with zero attached hydrogens (tertiary/aromatic N) is 1. The van der Waals surface area contributed by atoms with E-state index in [4.69, 9.17) is 14.1 Å². The minimum absolute atomic E-state index is 0. The first-order chi connectivity index (χ1) is 13.6. The summed E-state index contributed by atoms with van der Waals surface area (Å²) in [6, 6.07) is 12.8. The fourth-order valence-electron chi connectivity index (χ4n) is 3.65. The molecular weight excluding hydrogens is 477 g/mol. The zero-order valence-corrected chi connectivity index (χ0v) is 20.2. The molecule has 6 heteroatoms. The Bertz CT molecular complexity index is 773. The predicted molar refractivity (Wildman–Crippen MR) is 129 cm³/mol. The largest absolute Gasteiger partial charge is 0.464 e. The van der Waals surface area contributed by atoms with Crippen molar-refractivity contribution >= 4 is 29.9 Å². The molecule has 2 N–H and O–H groups in total. The zero-order chi connectivity index (χ0) is 19.9. The summed E-state index contributed by atoms with van der Waals surface area (Å²) >= 11 is 0. The van der Waals surface area contributed by atoms with Crippen molar-refractivity contribution in [1.82, 2.24) is 10.6 Å². The molecule has 2 heterocycles. The first-order valence-corrected chi connectivity index (χ1v) is 10.4. The number of furan rings is 1. The van der Waals surface area contributed by atoms with E-state index in [1.807, 2.05) is 19.1 Å². The molecule has 3 unspecified atom stereocenters. The van der Waals surface area contributed by atoms with Gasteiger partial charge in [0.05, 0.1) is 12.1 Å². The Hall–Kier alpha value is -1.54. The predicted octanol–water partition coefficient (Wildman–Crippen LogP) is 5.30. The van der Waals surface area contributed by atoms with E-state index in [0.717, 1.165) is 50.0 Å². The van der Waals surface area contributed by atoms with Gasteiger partial charge in [0.25, 0.3) is 0 Å². The fraction of sp³-hybridized carbons (Fsp3) is 0.522. The standard InChI is InChI=1S/C23H33N3O2.HI/c1-5-24-23(26-18(4)21-13-10-17(3)28-21)25-15-20-7-6-14-27-22(20)19-11-8-16(2)9-12-19;/h8-13,18,20,22H,5-7,14-15H2,1-4H3,(H2,24,25,26);1H. The van der Waals surface area contributed by atoms with Crippen LogP contribution in [0, 0.1) is 19.8 Å². The van der Waals surface area contributed by atoms with Crippen LogP contribution in [0.2, 0.25) is 0 Å². The van der Waals surface area contributed by atoms with E-state index in [1.54, 1.807) is 0 Å². The van der Waals surface area contributed by atoms with Gasteiger partial charge in [0.2, 0.25) is 0 Å². The maximum absolute atomic E-state index is 6.14. The topological polar surface area (TPSA) is 58.8 Å². The number of aryl methyl sites for hydroxylation is 2. The Morgan fingerprint density at radius 1 is 1.17 bits per heavy atom. The van der Waals surface area contributed by atoms with Crippen LogP contribution >= 0.6 is 24.0 Å². The zero-order valence-electron chi connectivity index (χ0n) is 17.9. The molecule has 160 valence electrons.